The first kappa shape index (κ1) is 19.3. The van der Waals surface area contributed by atoms with Crippen LogP contribution in [0.2, 0.25) is 0 Å². The molecular weight excluding hydrogens is 336 g/mol. The molecular formula is C20H25ClN2O2. The lowest BCUT2D eigenvalue weighted by Crippen LogP contribution is -2.37. The van der Waals surface area contributed by atoms with Crippen LogP contribution in [0.4, 0.5) is 5.69 Å². The minimum atomic E-state index is -0.222. The summed E-state index contributed by atoms with van der Waals surface area (Å²) in [6, 6.07) is 15.5. The summed E-state index contributed by atoms with van der Waals surface area (Å²) in [6.07, 6.45) is 1.73. The van der Waals surface area contributed by atoms with E-state index >= 15 is 0 Å². The van der Waals surface area contributed by atoms with Crippen LogP contribution < -0.4 is 5.73 Å². The van der Waals surface area contributed by atoms with E-state index in [0.717, 1.165) is 49.3 Å². The van der Waals surface area contributed by atoms with Crippen LogP contribution in [0, 0.1) is 6.92 Å². The van der Waals surface area contributed by atoms with Gasteiger partial charge < -0.3 is 10.5 Å². The van der Waals surface area contributed by atoms with Crippen molar-refractivity contribution in [2.24, 2.45) is 0 Å². The maximum atomic E-state index is 12.2. The van der Waals surface area contributed by atoms with Crippen LogP contribution in [0.1, 0.15) is 34.3 Å². The molecule has 1 fully saturated rings. The summed E-state index contributed by atoms with van der Waals surface area (Å²) in [7, 11) is 0. The Morgan fingerprint density at radius 3 is 2.40 bits per heavy atom. The molecule has 3 rings (SSSR count). The fourth-order valence-electron chi connectivity index (χ4n) is 3.01. The number of rotatable bonds is 4. The van der Waals surface area contributed by atoms with E-state index in [1.807, 2.05) is 49.4 Å². The Bertz CT molecular complexity index is 695. The number of carbonyl (C=O) groups excluding carboxylic acids is 1. The van der Waals surface area contributed by atoms with Crippen LogP contribution in [0.15, 0.2) is 48.5 Å². The summed E-state index contributed by atoms with van der Waals surface area (Å²) in [5, 5.41) is 0. The first-order valence-corrected chi connectivity index (χ1v) is 8.45. The van der Waals surface area contributed by atoms with Crippen molar-refractivity contribution in [3.05, 3.63) is 65.2 Å². The SMILES string of the molecule is Cc1ccc(C(=O)OC2CCN(Cc3ccccc3N)CC2)cc1.Cl. The first-order valence-electron chi connectivity index (χ1n) is 8.45. The Kier molecular flexibility index (Phi) is 6.85. The Balaban J connectivity index is 0.00000225. The molecule has 1 heterocycles. The van der Waals surface area contributed by atoms with Crippen LogP contribution in [0.5, 0.6) is 0 Å². The minimum Gasteiger partial charge on any atom is -0.459 e. The van der Waals surface area contributed by atoms with Gasteiger partial charge in [0.2, 0.25) is 0 Å². The van der Waals surface area contributed by atoms with E-state index in [-0.39, 0.29) is 24.5 Å². The standard InChI is InChI=1S/C20H24N2O2.ClH/c1-15-6-8-16(9-7-15)20(23)24-18-10-12-22(13-11-18)14-17-4-2-3-5-19(17)21;/h2-9,18H,10-14,21H2,1H3;1H. The second kappa shape index (κ2) is 8.88. The highest BCUT2D eigenvalue weighted by molar-refractivity contribution is 5.89. The predicted octanol–water partition coefficient (Wildman–Crippen LogP) is 3.82. The monoisotopic (exact) mass is 360 g/mol. The van der Waals surface area contributed by atoms with Crippen LogP contribution >= 0.6 is 12.4 Å². The van der Waals surface area contributed by atoms with Gasteiger partial charge in [-0.3, -0.25) is 4.90 Å². The third kappa shape index (κ3) is 5.21. The summed E-state index contributed by atoms with van der Waals surface area (Å²) in [6.45, 7) is 4.69. The van der Waals surface area contributed by atoms with Crippen molar-refractivity contribution >= 4 is 24.1 Å². The number of ether oxygens (including phenoxy) is 1. The summed E-state index contributed by atoms with van der Waals surface area (Å²) in [4.78, 5) is 14.6. The second-order valence-electron chi connectivity index (χ2n) is 6.45. The molecule has 1 aliphatic heterocycles. The number of benzene rings is 2. The number of hydrogen-bond donors (Lipinski definition) is 1. The molecule has 134 valence electrons. The zero-order valence-corrected chi connectivity index (χ0v) is 15.3. The molecule has 0 bridgehead atoms. The van der Waals surface area contributed by atoms with E-state index in [1.165, 1.54) is 0 Å². The fraction of sp³-hybridized carbons (Fsp3) is 0.350. The molecule has 0 unspecified atom stereocenters. The van der Waals surface area contributed by atoms with Crippen LogP contribution in [-0.2, 0) is 11.3 Å². The zero-order valence-electron chi connectivity index (χ0n) is 14.5. The maximum absolute atomic E-state index is 12.2. The van der Waals surface area contributed by atoms with Crippen molar-refractivity contribution in [3.63, 3.8) is 0 Å². The second-order valence-corrected chi connectivity index (χ2v) is 6.45. The number of hydrogen-bond acceptors (Lipinski definition) is 4. The summed E-state index contributed by atoms with van der Waals surface area (Å²) < 4.78 is 5.65. The fourth-order valence-corrected chi connectivity index (χ4v) is 3.01. The smallest absolute Gasteiger partial charge is 0.338 e. The average Bonchev–Trinajstić information content (AvgIpc) is 2.59. The van der Waals surface area contributed by atoms with Gasteiger partial charge in [-0.05, 0) is 43.5 Å². The van der Waals surface area contributed by atoms with Crippen molar-refractivity contribution in [2.45, 2.75) is 32.4 Å². The number of para-hydroxylation sites is 1. The highest BCUT2D eigenvalue weighted by Gasteiger charge is 2.23. The molecule has 0 aliphatic carbocycles. The van der Waals surface area contributed by atoms with E-state index in [9.17, 15) is 4.79 Å². The molecule has 0 spiro atoms. The van der Waals surface area contributed by atoms with Crippen molar-refractivity contribution in [3.8, 4) is 0 Å². The third-order valence-electron chi connectivity index (χ3n) is 4.54. The van der Waals surface area contributed by atoms with Crippen molar-refractivity contribution in [1.82, 2.24) is 4.90 Å². The van der Waals surface area contributed by atoms with Gasteiger partial charge in [-0.25, -0.2) is 4.79 Å². The van der Waals surface area contributed by atoms with Gasteiger partial charge in [-0.1, -0.05) is 35.9 Å². The van der Waals surface area contributed by atoms with Crippen LogP contribution in [0.3, 0.4) is 0 Å². The maximum Gasteiger partial charge on any atom is 0.338 e. The average molecular weight is 361 g/mol. The molecule has 4 nitrogen and oxygen atoms in total. The lowest BCUT2D eigenvalue weighted by atomic mass is 10.1. The van der Waals surface area contributed by atoms with Gasteiger partial charge >= 0.3 is 5.97 Å². The van der Waals surface area contributed by atoms with E-state index in [2.05, 4.69) is 11.0 Å². The van der Waals surface area contributed by atoms with E-state index in [4.69, 9.17) is 10.5 Å². The van der Waals surface area contributed by atoms with Gasteiger partial charge in [-0.15, -0.1) is 12.4 Å². The molecule has 5 heteroatoms. The van der Waals surface area contributed by atoms with Gasteiger partial charge in [0.05, 0.1) is 5.56 Å². The number of nitrogens with two attached hydrogens (primary N) is 1. The van der Waals surface area contributed by atoms with Crippen molar-refractivity contribution in [2.75, 3.05) is 18.8 Å². The zero-order chi connectivity index (χ0) is 16.9. The third-order valence-corrected chi connectivity index (χ3v) is 4.54. The van der Waals surface area contributed by atoms with Gasteiger partial charge in [0.25, 0.3) is 0 Å². The lowest BCUT2D eigenvalue weighted by molar-refractivity contribution is 0.0104. The van der Waals surface area contributed by atoms with Gasteiger partial charge in [-0.2, -0.15) is 0 Å². The largest absolute Gasteiger partial charge is 0.459 e. The summed E-state index contributed by atoms with van der Waals surface area (Å²) in [5.74, 6) is -0.222. The number of anilines is 1. The highest BCUT2D eigenvalue weighted by atomic mass is 35.5. The number of halogens is 1. The lowest BCUT2D eigenvalue weighted by Gasteiger charge is -2.31. The van der Waals surface area contributed by atoms with Crippen molar-refractivity contribution < 1.29 is 9.53 Å². The number of piperidine rings is 1. The van der Waals surface area contributed by atoms with Gasteiger partial charge in [0.15, 0.2) is 0 Å². The number of likely N-dealkylation sites (tertiary alicyclic amines) is 1. The van der Waals surface area contributed by atoms with Crippen LogP contribution in [-0.4, -0.2) is 30.1 Å². The topological polar surface area (TPSA) is 55.6 Å². The van der Waals surface area contributed by atoms with Crippen molar-refractivity contribution in [1.29, 1.82) is 0 Å². The van der Waals surface area contributed by atoms with E-state index < -0.39 is 0 Å². The Morgan fingerprint density at radius 1 is 1.12 bits per heavy atom. The molecule has 1 saturated heterocycles. The molecule has 2 aromatic carbocycles. The minimum absolute atomic E-state index is 0. The summed E-state index contributed by atoms with van der Waals surface area (Å²) in [5.41, 5.74) is 9.77. The molecule has 1 aliphatic rings. The Hall–Kier alpha value is -2.04. The van der Waals surface area contributed by atoms with Crippen LogP contribution in [0.25, 0.3) is 0 Å². The molecule has 0 aromatic heterocycles. The first-order chi connectivity index (χ1) is 11.6. The molecule has 0 radical (unpaired) electrons. The van der Waals surface area contributed by atoms with Gasteiger partial charge in [0, 0.05) is 25.3 Å². The Labute approximate surface area is 155 Å². The number of nitrogen functional groups attached to an aromatic ring is 1. The number of esters is 1. The van der Waals surface area contributed by atoms with Gasteiger partial charge in [0.1, 0.15) is 6.10 Å². The number of aryl methyl sites for hydroxylation is 1. The molecule has 25 heavy (non-hydrogen) atoms. The molecule has 0 amide bonds. The number of nitrogens with zero attached hydrogens (tertiary/aromatic N) is 1. The van der Waals surface area contributed by atoms with E-state index in [1.54, 1.807) is 0 Å². The molecule has 0 atom stereocenters. The van der Waals surface area contributed by atoms with E-state index in [0.29, 0.717) is 5.56 Å². The normalized spacial score (nSPS) is 15.4. The molecule has 2 aromatic rings. The quantitative estimate of drug-likeness (QED) is 0.665. The number of carbonyl (C=O) groups is 1. The summed E-state index contributed by atoms with van der Waals surface area (Å²) >= 11 is 0. The Morgan fingerprint density at radius 2 is 1.76 bits per heavy atom. The molecule has 2 N–H and O–H groups in total. The predicted molar refractivity (Wildman–Crippen MR) is 103 cm³/mol. The molecule has 0 saturated carbocycles. The highest BCUT2D eigenvalue weighted by Crippen LogP contribution is 2.20.